The fourth-order valence-corrected chi connectivity index (χ4v) is 1.82. The molecule has 2 rings (SSSR count). The smallest absolute Gasteiger partial charge is 0.0384 e. The van der Waals surface area contributed by atoms with E-state index in [4.69, 9.17) is 0 Å². The Morgan fingerprint density at radius 1 is 1.00 bits per heavy atom. The lowest BCUT2D eigenvalue weighted by molar-refractivity contribution is 1.14. The molecule has 92 valence electrons. The van der Waals surface area contributed by atoms with Crippen molar-refractivity contribution in [1.82, 2.24) is 0 Å². The topological polar surface area (TPSA) is 12.0 Å². The second kappa shape index (κ2) is 5.54. The monoisotopic (exact) mass is 237 g/mol. The van der Waals surface area contributed by atoms with Gasteiger partial charge in [-0.1, -0.05) is 55.5 Å². The van der Waals surface area contributed by atoms with Gasteiger partial charge in [0.15, 0.2) is 0 Å². The summed E-state index contributed by atoms with van der Waals surface area (Å²) in [5.41, 5.74) is 5.75. The molecule has 0 unspecified atom stereocenters. The fourth-order valence-electron chi connectivity index (χ4n) is 1.82. The van der Waals surface area contributed by atoms with Gasteiger partial charge in [-0.3, -0.25) is 0 Å². The van der Waals surface area contributed by atoms with E-state index >= 15 is 0 Å². The van der Waals surface area contributed by atoms with Crippen molar-refractivity contribution in [1.29, 1.82) is 0 Å². The predicted molar refractivity (Wildman–Crippen MR) is 79.7 cm³/mol. The third-order valence-corrected chi connectivity index (χ3v) is 3.06. The number of nitrogens with one attached hydrogen (secondary N) is 1. The van der Waals surface area contributed by atoms with Gasteiger partial charge in [0.05, 0.1) is 0 Å². The van der Waals surface area contributed by atoms with Crippen LogP contribution in [0.1, 0.15) is 23.6 Å². The molecule has 0 amide bonds. The lowest BCUT2D eigenvalue weighted by Crippen LogP contribution is -1.97. The molecule has 0 saturated carbocycles. The van der Waals surface area contributed by atoms with Crippen LogP contribution in [0.5, 0.6) is 0 Å². The van der Waals surface area contributed by atoms with E-state index in [2.05, 4.69) is 74.3 Å². The maximum absolute atomic E-state index is 4.08. The van der Waals surface area contributed by atoms with Crippen LogP contribution in [0, 0.1) is 6.92 Å². The first kappa shape index (κ1) is 12.4. The highest BCUT2D eigenvalue weighted by atomic mass is 14.9. The first-order chi connectivity index (χ1) is 8.69. The van der Waals surface area contributed by atoms with Crippen LogP contribution < -0.4 is 5.32 Å². The minimum Gasteiger partial charge on any atom is -0.356 e. The van der Waals surface area contributed by atoms with Crippen molar-refractivity contribution >= 4 is 11.4 Å². The van der Waals surface area contributed by atoms with Gasteiger partial charge in [0.1, 0.15) is 0 Å². The third-order valence-electron chi connectivity index (χ3n) is 3.06. The fraction of sp³-hybridized carbons (Fsp3) is 0.176. The van der Waals surface area contributed by atoms with Crippen molar-refractivity contribution in [2.45, 2.75) is 20.3 Å². The Morgan fingerprint density at radius 2 is 1.61 bits per heavy atom. The average Bonchev–Trinajstić information content (AvgIpc) is 2.40. The second-order valence-corrected chi connectivity index (χ2v) is 4.52. The van der Waals surface area contributed by atoms with Crippen LogP contribution in [0.25, 0.3) is 5.70 Å². The molecule has 0 spiro atoms. The molecule has 0 saturated heterocycles. The summed E-state index contributed by atoms with van der Waals surface area (Å²) in [6, 6.07) is 16.9. The van der Waals surface area contributed by atoms with Crippen molar-refractivity contribution in [3.63, 3.8) is 0 Å². The zero-order valence-corrected chi connectivity index (χ0v) is 11.0. The quantitative estimate of drug-likeness (QED) is 0.816. The highest BCUT2D eigenvalue weighted by molar-refractivity contribution is 5.75. The molecule has 0 aliphatic heterocycles. The Morgan fingerprint density at radius 3 is 2.17 bits per heavy atom. The predicted octanol–water partition coefficient (Wildman–Crippen LogP) is 4.64. The minimum absolute atomic E-state index is 0.930. The van der Waals surface area contributed by atoms with Gasteiger partial charge in [-0.25, -0.2) is 0 Å². The summed E-state index contributed by atoms with van der Waals surface area (Å²) in [6.07, 6.45) is 1.07. The maximum atomic E-state index is 4.08. The molecule has 1 nitrogen and oxygen atoms in total. The summed E-state index contributed by atoms with van der Waals surface area (Å²) >= 11 is 0. The molecule has 0 aliphatic rings. The molecular weight excluding hydrogens is 218 g/mol. The number of rotatable bonds is 4. The molecule has 2 aromatic rings. The van der Waals surface area contributed by atoms with E-state index in [9.17, 15) is 0 Å². The van der Waals surface area contributed by atoms with Gasteiger partial charge in [0.2, 0.25) is 0 Å². The van der Waals surface area contributed by atoms with Crippen LogP contribution in [0.3, 0.4) is 0 Å². The van der Waals surface area contributed by atoms with Crippen LogP contribution >= 0.6 is 0 Å². The van der Waals surface area contributed by atoms with Crippen molar-refractivity contribution < 1.29 is 0 Å². The van der Waals surface area contributed by atoms with Crippen molar-refractivity contribution in [2.75, 3.05) is 5.32 Å². The number of benzene rings is 2. The van der Waals surface area contributed by atoms with E-state index in [1.165, 1.54) is 11.1 Å². The molecule has 0 aromatic heterocycles. The molecule has 0 atom stereocenters. The molecule has 18 heavy (non-hydrogen) atoms. The first-order valence-electron chi connectivity index (χ1n) is 6.31. The van der Waals surface area contributed by atoms with Gasteiger partial charge in [0.25, 0.3) is 0 Å². The lowest BCUT2D eigenvalue weighted by Gasteiger charge is -2.10. The Balaban J connectivity index is 2.08. The molecule has 1 heteroatoms. The summed E-state index contributed by atoms with van der Waals surface area (Å²) in [5, 5.41) is 3.33. The van der Waals surface area contributed by atoms with Gasteiger partial charge in [-0.15, -0.1) is 0 Å². The van der Waals surface area contributed by atoms with Gasteiger partial charge in [-0.2, -0.15) is 0 Å². The Bertz CT molecular complexity index is 521. The molecule has 2 aromatic carbocycles. The summed E-state index contributed by atoms with van der Waals surface area (Å²) in [7, 11) is 0. The summed E-state index contributed by atoms with van der Waals surface area (Å²) < 4.78 is 0. The molecule has 0 aliphatic carbocycles. The van der Waals surface area contributed by atoms with Crippen molar-refractivity contribution in [3.05, 3.63) is 71.8 Å². The van der Waals surface area contributed by atoms with Crippen LogP contribution in [-0.4, -0.2) is 0 Å². The SMILES string of the molecule is C=C(Nc1ccc(CC)cc1)c1ccc(C)cc1. The standard InChI is InChI=1S/C17H19N/c1-4-15-7-11-17(12-8-15)18-14(3)16-9-5-13(2)6-10-16/h5-12,18H,3-4H2,1-2H3. The second-order valence-electron chi connectivity index (χ2n) is 4.52. The van der Waals surface area contributed by atoms with E-state index in [0.717, 1.165) is 23.4 Å². The highest BCUT2D eigenvalue weighted by Gasteiger charge is 1.99. The van der Waals surface area contributed by atoms with E-state index in [1.54, 1.807) is 0 Å². The lowest BCUT2D eigenvalue weighted by atomic mass is 10.1. The summed E-state index contributed by atoms with van der Waals surface area (Å²) in [5.74, 6) is 0. The molecule has 0 fully saturated rings. The Labute approximate surface area is 109 Å². The van der Waals surface area contributed by atoms with Crippen molar-refractivity contribution in [2.24, 2.45) is 0 Å². The average molecular weight is 237 g/mol. The number of aryl methyl sites for hydroxylation is 2. The number of hydrogen-bond donors (Lipinski definition) is 1. The summed E-state index contributed by atoms with van der Waals surface area (Å²) in [4.78, 5) is 0. The third kappa shape index (κ3) is 3.01. The Hall–Kier alpha value is -2.02. The zero-order chi connectivity index (χ0) is 13.0. The number of hydrogen-bond acceptors (Lipinski definition) is 1. The molecule has 1 N–H and O–H groups in total. The normalized spacial score (nSPS) is 10.1. The summed E-state index contributed by atoms with van der Waals surface area (Å²) in [6.45, 7) is 8.33. The maximum Gasteiger partial charge on any atom is 0.0384 e. The molecule has 0 radical (unpaired) electrons. The largest absolute Gasteiger partial charge is 0.356 e. The van der Waals surface area contributed by atoms with Gasteiger partial charge in [0, 0.05) is 11.4 Å². The van der Waals surface area contributed by atoms with E-state index in [-0.39, 0.29) is 0 Å². The van der Waals surface area contributed by atoms with Crippen LogP contribution in [0.2, 0.25) is 0 Å². The molecular formula is C17H19N. The van der Waals surface area contributed by atoms with Gasteiger partial charge in [-0.05, 0) is 36.6 Å². The van der Waals surface area contributed by atoms with Crippen molar-refractivity contribution in [3.8, 4) is 0 Å². The van der Waals surface area contributed by atoms with E-state index < -0.39 is 0 Å². The minimum atomic E-state index is 0.930. The highest BCUT2D eigenvalue weighted by Crippen LogP contribution is 2.18. The molecule has 0 bridgehead atoms. The zero-order valence-electron chi connectivity index (χ0n) is 11.0. The van der Waals surface area contributed by atoms with E-state index in [0.29, 0.717) is 0 Å². The Kier molecular flexibility index (Phi) is 3.83. The van der Waals surface area contributed by atoms with Crippen LogP contribution in [0.4, 0.5) is 5.69 Å². The van der Waals surface area contributed by atoms with Crippen LogP contribution in [-0.2, 0) is 6.42 Å². The van der Waals surface area contributed by atoms with Gasteiger partial charge >= 0.3 is 0 Å². The van der Waals surface area contributed by atoms with E-state index in [1.807, 2.05) is 0 Å². The number of anilines is 1. The van der Waals surface area contributed by atoms with Crippen LogP contribution in [0.15, 0.2) is 55.1 Å². The first-order valence-corrected chi connectivity index (χ1v) is 6.31. The van der Waals surface area contributed by atoms with Gasteiger partial charge < -0.3 is 5.32 Å². The molecule has 0 heterocycles.